The predicted molar refractivity (Wildman–Crippen MR) is 67.6 cm³/mol. The fourth-order valence-corrected chi connectivity index (χ4v) is 2.43. The summed E-state index contributed by atoms with van der Waals surface area (Å²) in [5, 5.41) is 2.31. The van der Waals surface area contributed by atoms with Gasteiger partial charge in [-0.15, -0.1) is 0 Å². The molecule has 0 radical (unpaired) electrons. The molecule has 1 atom stereocenters. The summed E-state index contributed by atoms with van der Waals surface area (Å²) in [6.07, 6.45) is 2.81. The van der Waals surface area contributed by atoms with Gasteiger partial charge < -0.3 is 10.2 Å². The minimum absolute atomic E-state index is 0.0606. The zero-order chi connectivity index (χ0) is 13.3. The van der Waals surface area contributed by atoms with E-state index in [4.69, 9.17) is 0 Å². The van der Waals surface area contributed by atoms with Crippen LogP contribution >= 0.6 is 0 Å². The topological polar surface area (TPSA) is 66.5 Å². The molecule has 17 heavy (non-hydrogen) atoms. The van der Waals surface area contributed by atoms with Crippen LogP contribution in [0.25, 0.3) is 0 Å². The van der Waals surface area contributed by atoms with Crippen molar-refractivity contribution in [1.82, 2.24) is 10.2 Å². The maximum atomic E-state index is 12.0. The first-order valence-electron chi connectivity index (χ1n) is 5.86. The number of carbonyl (C=O) groups excluding carboxylic acids is 1. The molecular formula is C11H22N2O3S. The van der Waals surface area contributed by atoms with Gasteiger partial charge in [0.1, 0.15) is 5.25 Å². The molecule has 100 valence electrons. The van der Waals surface area contributed by atoms with Crippen molar-refractivity contribution < 1.29 is 13.2 Å². The van der Waals surface area contributed by atoms with Crippen LogP contribution in [0.2, 0.25) is 0 Å². The van der Waals surface area contributed by atoms with Crippen LogP contribution < -0.4 is 5.32 Å². The molecule has 1 rings (SSSR count). The Kier molecular flexibility index (Phi) is 4.19. The largest absolute Gasteiger partial charge is 0.341 e. The Labute approximate surface area is 103 Å². The molecule has 5 nitrogen and oxygen atoms in total. The van der Waals surface area contributed by atoms with E-state index in [-0.39, 0.29) is 11.4 Å². The molecular weight excluding hydrogens is 240 g/mol. The van der Waals surface area contributed by atoms with E-state index >= 15 is 0 Å². The molecule has 0 spiro atoms. The third-order valence-corrected chi connectivity index (χ3v) is 5.26. The van der Waals surface area contributed by atoms with E-state index in [1.807, 2.05) is 7.05 Å². The van der Waals surface area contributed by atoms with Crippen LogP contribution in [-0.2, 0) is 14.6 Å². The fourth-order valence-electron chi connectivity index (χ4n) is 1.91. The Balaban J connectivity index is 2.64. The highest BCUT2D eigenvalue weighted by atomic mass is 32.2. The number of sulfone groups is 1. The Morgan fingerprint density at radius 1 is 1.35 bits per heavy atom. The van der Waals surface area contributed by atoms with Crippen molar-refractivity contribution in [2.24, 2.45) is 0 Å². The second-order valence-corrected chi connectivity index (χ2v) is 7.47. The smallest absolute Gasteiger partial charge is 0.240 e. The lowest BCUT2D eigenvalue weighted by Crippen LogP contribution is -2.53. The Morgan fingerprint density at radius 2 is 1.82 bits per heavy atom. The number of hydrogen-bond acceptors (Lipinski definition) is 4. The van der Waals surface area contributed by atoms with Crippen LogP contribution in [0.4, 0.5) is 0 Å². The molecule has 1 saturated heterocycles. The summed E-state index contributed by atoms with van der Waals surface area (Å²) in [7, 11) is -1.38. The summed E-state index contributed by atoms with van der Waals surface area (Å²) in [6, 6.07) is 0. The van der Waals surface area contributed by atoms with Gasteiger partial charge in [-0.05, 0) is 33.7 Å². The highest BCUT2D eigenvalue weighted by molar-refractivity contribution is 7.92. The summed E-state index contributed by atoms with van der Waals surface area (Å²) >= 11 is 0. The molecule has 1 amide bonds. The van der Waals surface area contributed by atoms with Crippen molar-refractivity contribution in [2.45, 2.75) is 37.5 Å². The van der Waals surface area contributed by atoms with Gasteiger partial charge in [0.25, 0.3) is 0 Å². The van der Waals surface area contributed by atoms with E-state index in [2.05, 4.69) is 12.2 Å². The molecule has 1 aliphatic heterocycles. The van der Waals surface area contributed by atoms with Crippen molar-refractivity contribution >= 4 is 15.7 Å². The lowest BCUT2D eigenvalue weighted by Gasteiger charge is -2.39. The molecule has 1 fully saturated rings. The maximum Gasteiger partial charge on any atom is 0.240 e. The van der Waals surface area contributed by atoms with Crippen LogP contribution in [-0.4, -0.2) is 56.4 Å². The van der Waals surface area contributed by atoms with Gasteiger partial charge in [0, 0.05) is 24.9 Å². The highest BCUT2D eigenvalue weighted by Gasteiger charge is 2.34. The van der Waals surface area contributed by atoms with Gasteiger partial charge in [-0.2, -0.15) is 0 Å². The molecule has 6 heteroatoms. The normalized spacial score (nSPS) is 22.2. The summed E-state index contributed by atoms with van der Waals surface area (Å²) in [4.78, 5) is 13.6. The number of amides is 1. The minimum Gasteiger partial charge on any atom is -0.341 e. The lowest BCUT2D eigenvalue weighted by molar-refractivity contribution is -0.132. The van der Waals surface area contributed by atoms with E-state index in [0.717, 1.165) is 19.1 Å². The molecule has 1 unspecified atom stereocenters. The van der Waals surface area contributed by atoms with Gasteiger partial charge in [0.15, 0.2) is 9.84 Å². The van der Waals surface area contributed by atoms with Gasteiger partial charge >= 0.3 is 0 Å². The van der Waals surface area contributed by atoms with Gasteiger partial charge in [0.05, 0.1) is 0 Å². The summed E-state index contributed by atoms with van der Waals surface area (Å²) in [6.45, 7) is 4.82. The molecule has 0 saturated carbocycles. The molecule has 1 aliphatic rings. The number of rotatable bonds is 3. The van der Waals surface area contributed by atoms with Crippen molar-refractivity contribution in [3.63, 3.8) is 0 Å². The monoisotopic (exact) mass is 262 g/mol. The molecule has 0 aromatic rings. The van der Waals surface area contributed by atoms with E-state index in [1.165, 1.54) is 6.92 Å². The van der Waals surface area contributed by atoms with Crippen molar-refractivity contribution in [3.05, 3.63) is 0 Å². The Bertz CT molecular complexity index is 384. The average Bonchev–Trinajstić information content (AvgIpc) is 2.27. The maximum absolute atomic E-state index is 12.0. The molecule has 0 aliphatic carbocycles. The summed E-state index contributed by atoms with van der Waals surface area (Å²) < 4.78 is 22.7. The van der Waals surface area contributed by atoms with Gasteiger partial charge in [-0.25, -0.2) is 8.42 Å². The second-order valence-electron chi connectivity index (χ2n) is 5.11. The number of carbonyl (C=O) groups is 1. The van der Waals surface area contributed by atoms with E-state index < -0.39 is 15.1 Å². The third kappa shape index (κ3) is 3.42. The van der Waals surface area contributed by atoms with Crippen LogP contribution in [0.5, 0.6) is 0 Å². The van der Waals surface area contributed by atoms with Crippen molar-refractivity contribution in [3.8, 4) is 0 Å². The quantitative estimate of drug-likeness (QED) is 0.778. The molecule has 0 aromatic heterocycles. The SMILES string of the molecule is CNC1(C)CCN(C(=O)C(C)S(C)(=O)=O)CC1. The Morgan fingerprint density at radius 3 is 2.18 bits per heavy atom. The number of piperidine rings is 1. The number of hydrogen-bond donors (Lipinski definition) is 1. The van der Waals surface area contributed by atoms with Gasteiger partial charge in [0.2, 0.25) is 5.91 Å². The first-order valence-corrected chi connectivity index (χ1v) is 7.82. The molecule has 0 aromatic carbocycles. The lowest BCUT2D eigenvalue weighted by atomic mass is 9.90. The number of nitrogens with zero attached hydrogens (tertiary/aromatic N) is 1. The minimum atomic E-state index is -3.29. The molecule has 1 N–H and O–H groups in total. The Hall–Kier alpha value is -0.620. The zero-order valence-corrected chi connectivity index (χ0v) is 11.8. The van der Waals surface area contributed by atoms with E-state index in [1.54, 1.807) is 4.90 Å². The van der Waals surface area contributed by atoms with Crippen LogP contribution in [0.3, 0.4) is 0 Å². The second kappa shape index (κ2) is 4.94. The fraction of sp³-hybridized carbons (Fsp3) is 0.909. The van der Waals surface area contributed by atoms with E-state index in [0.29, 0.717) is 13.1 Å². The van der Waals surface area contributed by atoms with Crippen LogP contribution in [0.1, 0.15) is 26.7 Å². The van der Waals surface area contributed by atoms with Crippen LogP contribution in [0.15, 0.2) is 0 Å². The standard InChI is InChI=1S/C11H22N2O3S/c1-9(17(4,15)16)10(14)13-7-5-11(2,12-3)6-8-13/h9,12H,5-8H2,1-4H3. The molecule has 1 heterocycles. The summed E-state index contributed by atoms with van der Waals surface area (Å²) in [5.41, 5.74) is 0.0606. The number of nitrogens with one attached hydrogen (secondary N) is 1. The average molecular weight is 262 g/mol. The van der Waals surface area contributed by atoms with Crippen LogP contribution in [0, 0.1) is 0 Å². The first kappa shape index (κ1) is 14.4. The van der Waals surface area contributed by atoms with Crippen molar-refractivity contribution in [2.75, 3.05) is 26.4 Å². The predicted octanol–water partition coefficient (Wildman–Crippen LogP) is 0.0200. The third-order valence-electron chi connectivity index (χ3n) is 3.77. The highest BCUT2D eigenvalue weighted by Crippen LogP contribution is 2.22. The van der Waals surface area contributed by atoms with Gasteiger partial charge in [-0.1, -0.05) is 0 Å². The first-order chi connectivity index (χ1) is 7.69. The van der Waals surface area contributed by atoms with Crippen molar-refractivity contribution in [1.29, 1.82) is 0 Å². The van der Waals surface area contributed by atoms with E-state index in [9.17, 15) is 13.2 Å². The molecule has 0 bridgehead atoms. The summed E-state index contributed by atoms with van der Waals surface area (Å²) in [5.74, 6) is -0.273. The zero-order valence-electron chi connectivity index (χ0n) is 11.0. The van der Waals surface area contributed by atoms with Gasteiger partial charge in [-0.3, -0.25) is 4.79 Å². The number of likely N-dealkylation sites (tertiary alicyclic amines) is 1.